The second kappa shape index (κ2) is 4.97. The van der Waals surface area contributed by atoms with Gasteiger partial charge in [0, 0.05) is 5.57 Å². The summed E-state index contributed by atoms with van der Waals surface area (Å²) >= 11 is 0. The second-order valence-electron chi connectivity index (χ2n) is 5.58. The van der Waals surface area contributed by atoms with Crippen LogP contribution in [0.2, 0.25) is 0 Å². The molecule has 0 spiro atoms. The van der Waals surface area contributed by atoms with E-state index in [0.29, 0.717) is 5.57 Å². The average Bonchev–Trinajstić information content (AvgIpc) is 2.71. The maximum Gasteiger partial charge on any atom is 0.165 e. The number of Topliss-reactive ketones (excluding diaryl/α,β-unsaturated/α-hetero) is 1. The van der Waals surface area contributed by atoms with E-state index in [1.807, 2.05) is 67.6 Å². The van der Waals surface area contributed by atoms with Gasteiger partial charge in [-0.1, -0.05) is 67.6 Å². The first kappa shape index (κ1) is 13.8. The zero-order valence-electron chi connectivity index (χ0n) is 12.2. The molecule has 2 atom stereocenters. The van der Waals surface area contributed by atoms with Crippen LogP contribution in [-0.4, -0.2) is 10.9 Å². The molecule has 3 rings (SSSR count). The molecule has 0 bridgehead atoms. The highest BCUT2D eigenvalue weighted by Gasteiger charge is 2.50. The summed E-state index contributed by atoms with van der Waals surface area (Å²) in [4.78, 5) is 12.5. The topological polar surface area (TPSA) is 37.3 Å². The monoisotopic (exact) mass is 278 g/mol. The molecule has 0 saturated carbocycles. The Morgan fingerprint density at radius 1 is 0.952 bits per heavy atom. The minimum atomic E-state index is -1.26. The summed E-state index contributed by atoms with van der Waals surface area (Å²) in [5.41, 5.74) is 1.79. The maximum atomic E-state index is 12.5. The molecule has 106 valence electrons. The van der Waals surface area contributed by atoms with E-state index in [0.717, 1.165) is 16.7 Å². The lowest BCUT2D eigenvalue weighted by Crippen LogP contribution is -2.33. The van der Waals surface area contributed by atoms with Gasteiger partial charge in [-0.2, -0.15) is 0 Å². The van der Waals surface area contributed by atoms with E-state index < -0.39 is 11.5 Å². The number of hydrogen-bond acceptors (Lipinski definition) is 2. The lowest BCUT2D eigenvalue weighted by Gasteiger charge is -2.31. The molecular weight excluding hydrogens is 260 g/mol. The number of rotatable bonds is 2. The normalized spacial score (nSPS) is 25.5. The van der Waals surface area contributed by atoms with Crippen molar-refractivity contribution in [1.82, 2.24) is 0 Å². The molecule has 2 aromatic carbocycles. The number of carbonyl (C=O) groups is 1. The van der Waals surface area contributed by atoms with Crippen molar-refractivity contribution in [3.05, 3.63) is 77.4 Å². The summed E-state index contributed by atoms with van der Waals surface area (Å²) in [6.45, 7) is 3.61. The SMILES string of the molecule is CC1=C(c2ccccc2)[C@](O)(c2ccccc2)[C@@H](C)C1=O. The quantitative estimate of drug-likeness (QED) is 0.912. The Morgan fingerprint density at radius 3 is 2.05 bits per heavy atom. The van der Waals surface area contributed by atoms with Crippen molar-refractivity contribution in [2.24, 2.45) is 5.92 Å². The highest BCUT2D eigenvalue weighted by molar-refractivity contribution is 6.11. The molecule has 0 amide bonds. The van der Waals surface area contributed by atoms with E-state index in [1.54, 1.807) is 6.92 Å². The Labute approximate surface area is 124 Å². The third-order valence-corrected chi connectivity index (χ3v) is 4.42. The molecule has 0 heterocycles. The van der Waals surface area contributed by atoms with Gasteiger partial charge in [0.15, 0.2) is 5.78 Å². The summed E-state index contributed by atoms with van der Waals surface area (Å²) in [5.74, 6) is -0.463. The summed E-state index contributed by atoms with van der Waals surface area (Å²) < 4.78 is 0. The first-order valence-electron chi connectivity index (χ1n) is 7.15. The highest BCUT2D eigenvalue weighted by Crippen LogP contribution is 2.49. The molecule has 1 N–H and O–H groups in total. The molecule has 0 fully saturated rings. The molecule has 0 unspecified atom stereocenters. The third-order valence-electron chi connectivity index (χ3n) is 4.42. The van der Waals surface area contributed by atoms with Crippen molar-refractivity contribution in [3.63, 3.8) is 0 Å². The largest absolute Gasteiger partial charge is 0.380 e. The van der Waals surface area contributed by atoms with Gasteiger partial charge in [0.25, 0.3) is 0 Å². The fourth-order valence-electron chi connectivity index (χ4n) is 3.27. The Balaban J connectivity index is 2.26. The van der Waals surface area contributed by atoms with Crippen molar-refractivity contribution in [1.29, 1.82) is 0 Å². The Morgan fingerprint density at radius 2 is 1.48 bits per heavy atom. The number of hydrogen-bond donors (Lipinski definition) is 1. The molecule has 0 aliphatic heterocycles. The van der Waals surface area contributed by atoms with Crippen LogP contribution in [0.25, 0.3) is 5.57 Å². The van der Waals surface area contributed by atoms with Crippen molar-refractivity contribution >= 4 is 11.4 Å². The van der Waals surface area contributed by atoms with Crippen LogP contribution in [-0.2, 0) is 10.4 Å². The van der Waals surface area contributed by atoms with Crippen LogP contribution in [0.15, 0.2) is 66.2 Å². The van der Waals surface area contributed by atoms with Crippen LogP contribution in [0, 0.1) is 5.92 Å². The molecular formula is C19H18O2. The maximum absolute atomic E-state index is 12.5. The van der Waals surface area contributed by atoms with Gasteiger partial charge in [-0.25, -0.2) is 0 Å². The predicted octanol–water partition coefficient (Wildman–Crippen LogP) is 3.57. The Bertz CT molecular complexity index is 701. The van der Waals surface area contributed by atoms with Crippen molar-refractivity contribution in [3.8, 4) is 0 Å². The van der Waals surface area contributed by atoms with Crippen molar-refractivity contribution in [2.45, 2.75) is 19.4 Å². The van der Waals surface area contributed by atoms with E-state index in [4.69, 9.17) is 0 Å². The third kappa shape index (κ3) is 1.95. The van der Waals surface area contributed by atoms with Crippen LogP contribution in [0.4, 0.5) is 0 Å². The lowest BCUT2D eigenvalue weighted by atomic mass is 9.78. The number of carbonyl (C=O) groups excluding carboxylic acids is 1. The molecule has 2 aromatic rings. The molecule has 2 heteroatoms. The molecule has 21 heavy (non-hydrogen) atoms. The first-order valence-corrected chi connectivity index (χ1v) is 7.15. The zero-order chi connectivity index (χ0) is 15.0. The molecule has 0 radical (unpaired) electrons. The molecule has 1 aliphatic carbocycles. The Hall–Kier alpha value is -2.19. The fraction of sp³-hybridized carbons (Fsp3) is 0.211. The van der Waals surface area contributed by atoms with Gasteiger partial charge in [0.05, 0.1) is 5.92 Å². The van der Waals surface area contributed by atoms with E-state index in [2.05, 4.69) is 0 Å². The minimum absolute atomic E-state index is 0.0141. The van der Waals surface area contributed by atoms with Crippen molar-refractivity contribution in [2.75, 3.05) is 0 Å². The number of ketones is 1. The average molecular weight is 278 g/mol. The lowest BCUT2D eigenvalue weighted by molar-refractivity contribution is -0.122. The first-order chi connectivity index (χ1) is 10.1. The summed E-state index contributed by atoms with van der Waals surface area (Å²) in [6.07, 6.45) is 0. The van der Waals surface area contributed by atoms with E-state index in [-0.39, 0.29) is 5.78 Å². The fourth-order valence-corrected chi connectivity index (χ4v) is 3.27. The van der Waals surface area contributed by atoms with Gasteiger partial charge in [-0.05, 0) is 23.6 Å². The zero-order valence-corrected chi connectivity index (χ0v) is 12.2. The summed E-state index contributed by atoms with van der Waals surface area (Å²) in [7, 11) is 0. The number of benzene rings is 2. The summed E-state index contributed by atoms with van der Waals surface area (Å²) in [6, 6.07) is 19.1. The van der Waals surface area contributed by atoms with Gasteiger partial charge < -0.3 is 5.11 Å². The van der Waals surface area contributed by atoms with Crippen molar-refractivity contribution < 1.29 is 9.90 Å². The summed E-state index contributed by atoms with van der Waals surface area (Å²) in [5, 5.41) is 11.4. The van der Waals surface area contributed by atoms with Gasteiger partial charge in [0.1, 0.15) is 5.60 Å². The van der Waals surface area contributed by atoms with E-state index in [1.165, 1.54) is 0 Å². The van der Waals surface area contributed by atoms with Gasteiger partial charge >= 0.3 is 0 Å². The van der Waals surface area contributed by atoms with Gasteiger partial charge in [0.2, 0.25) is 0 Å². The number of allylic oxidation sites excluding steroid dienone is 1. The minimum Gasteiger partial charge on any atom is -0.380 e. The van der Waals surface area contributed by atoms with Gasteiger partial charge in [-0.3, -0.25) is 4.79 Å². The van der Waals surface area contributed by atoms with E-state index >= 15 is 0 Å². The Kier molecular flexibility index (Phi) is 3.26. The van der Waals surface area contributed by atoms with Crippen LogP contribution in [0.5, 0.6) is 0 Å². The molecule has 0 saturated heterocycles. The molecule has 1 aliphatic rings. The van der Waals surface area contributed by atoms with Crippen LogP contribution in [0.1, 0.15) is 25.0 Å². The van der Waals surface area contributed by atoms with Crippen LogP contribution in [0.3, 0.4) is 0 Å². The molecule has 2 nitrogen and oxygen atoms in total. The standard InChI is InChI=1S/C19H18O2/c1-13-17(15-9-5-3-6-10-15)19(21,14(2)18(13)20)16-11-7-4-8-12-16/h3-12,14,21H,1-2H3/t14-,19+/m0/s1. The smallest absolute Gasteiger partial charge is 0.165 e. The number of aliphatic hydroxyl groups is 1. The van der Waals surface area contributed by atoms with Crippen LogP contribution >= 0.6 is 0 Å². The highest BCUT2D eigenvalue weighted by atomic mass is 16.3. The van der Waals surface area contributed by atoms with Gasteiger partial charge in [-0.15, -0.1) is 0 Å². The van der Waals surface area contributed by atoms with E-state index in [9.17, 15) is 9.90 Å². The second-order valence-corrected chi connectivity index (χ2v) is 5.58. The van der Waals surface area contributed by atoms with Crippen LogP contribution < -0.4 is 0 Å². The molecule has 0 aromatic heterocycles. The predicted molar refractivity (Wildman–Crippen MR) is 83.5 cm³/mol.